The van der Waals surface area contributed by atoms with Crippen LogP contribution >= 0.6 is 0 Å². The van der Waals surface area contributed by atoms with E-state index in [1.807, 2.05) is 11.9 Å². The maximum absolute atomic E-state index is 12.1. The first-order valence-electron chi connectivity index (χ1n) is 5.71. The van der Waals surface area contributed by atoms with Gasteiger partial charge >= 0.3 is 0 Å². The number of rotatable bonds is 3. The van der Waals surface area contributed by atoms with Crippen LogP contribution in [0.1, 0.15) is 19.8 Å². The normalized spacial score (nSPS) is 32.7. The Kier molecular flexibility index (Phi) is 2.98. The summed E-state index contributed by atoms with van der Waals surface area (Å²) >= 11 is 0. The maximum atomic E-state index is 12.1. The van der Waals surface area contributed by atoms with E-state index >= 15 is 0 Å². The Balaban J connectivity index is 1.93. The van der Waals surface area contributed by atoms with Crippen molar-refractivity contribution >= 4 is 5.91 Å². The van der Waals surface area contributed by atoms with E-state index in [4.69, 9.17) is 10.5 Å². The molecule has 3 atom stereocenters. The minimum absolute atomic E-state index is 0.119. The topological polar surface area (TPSA) is 55.6 Å². The molecule has 1 heterocycles. The molecule has 4 nitrogen and oxygen atoms in total. The van der Waals surface area contributed by atoms with E-state index in [2.05, 4.69) is 6.92 Å². The molecule has 0 radical (unpaired) electrons. The van der Waals surface area contributed by atoms with Gasteiger partial charge in [0.25, 0.3) is 0 Å². The minimum atomic E-state index is -0.129. The summed E-state index contributed by atoms with van der Waals surface area (Å²) in [5.41, 5.74) is 5.84. The number of carbonyl (C=O) groups is 1. The monoisotopic (exact) mass is 212 g/mol. The highest BCUT2D eigenvalue weighted by atomic mass is 16.5. The molecule has 1 aliphatic heterocycles. The Hall–Kier alpha value is -0.610. The number of amides is 1. The summed E-state index contributed by atoms with van der Waals surface area (Å²) in [5, 5.41) is 0. The van der Waals surface area contributed by atoms with Crippen molar-refractivity contribution in [2.45, 2.75) is 31.8 Å². The molecular formula is C11H20N2O2. The molecular weight excluding hydrogens is 192 g/mol. The Morgan fingerprint density at radius 2 is 2.13 bits per heavy atom. The van der Waals surface area contributed by atoms with Gasteiger partial charge in [-0.15, -0.1) is 0 Å². The number of hydrogen-bond donors (Lipinski definition) is 1. The quantitative estimate of drug-likeness (QED) is 0.728. The molecule has 1 saturated heterocycles. The van der Waals surface area contributed by atoms with E-state index in [0.29, 0.717) is 25.2 Å². The second kappa shape index (κ2) is 4.10. The van der Waals surface area contributed by atoms with Crippen molar-refractivity contribution < 1.29 is 9.53 Å². The van der Waals surface area contributed by atoms with Crippen LogP contribution in [0.15, 0.2) is 0 Å². The van der Waals surface area contributed by atoms with Crippen LogP contribution < -0.4 is 5.73 Å². The van der Waals surface area contributed by atoms with Crippen molar-refractivity contribution in [1.29, 1.82) is 0 Å². The number of carbonyl (C=O) groups excluding carboxylic acids is 1. The third-order valence-corrected chi connectivity index (χ3v) is 3.70. The molecule has 4 heteroatoms. The van der Waals surface area contributed by atoms with Crippen molar-refractivity contribution in [3.8, 4) is 0 Å². The van der Waals surface area contributed by atoms with Crippen LogP contribution in [0.5, 0.6) is 0 Å². The summed E-state index contributed by atoms with van der Waals surface area (Å²) in [5.74, 6) is 0.730. The molecule has 1 saturated carbocycles. The fourth-order valence-corrected chi connectivity index (χ4v) is 2.18. The Labute approximate surface area is 90.8 Å². The molecule has 0 aromatic carbocycles. The van der Waals surface area contributed by atoms with Crippen LogP contribution in [0.25, 0.3) is 0 Å². The summed E-state index contributed by atoms with van der Waals surface area (Å²) in [6.07, 6.45) is 2.51. The standard InChI is InChI=1S/C11H20N2O2/c1-7(8-3-4-8)13(2)11(14)9-5-15-6-10(9)12/h7-10H,3-6,12H2,1-2H3. The van der Waals surface area contributed by atoms with Gasteiger partial charge in [0, 0.05) is 19.1 Å². The molecule has 1 aliphatic carbocycles. The summed E-state index contributed by atoms with van der Waals surface area (Å²) in [4.78, 5) is 14.0. The van der Waals surface area contributed by atoms with E-state index in [0.717, 1.165) is 0 Å². The largest absolute Gasteiger partial charge is 0.379 e. The van der Waals surface area contributed by atoms with Gasteiger partial charge in [0.05, 0.1) is 19.1 Å². The highest BCUT2D eigenvalue weighted by Crippen LogP contribution is 2.35. The van der Waals surface area contributed by atoms with Gasteiger partial charge in [-0.2, -0.15) is 0 Å². The molecule has 0 aromatic rings. The van der Waals surface area contributed by atoms with Gasteiger partial charge in [-0.05, 0) is 25.7 Å². The van der Waals surface area contributed by atoms with Gasteiger partial charge in [0.1, 0.15) is 0 Å². The van der Waals surface area contributed by atoms with Gasteiger partial charge < -0.3 is 15.4 Å². The average Bonchev–Trinajstić information content (AvgIpc) is 2.98. The summed E-state index contributed by atoms with van der Waals surface area (Å²) in [6, 6.07) is 0.233. The van der Waals surface area contributed by atoms with Crippen LogP contribution in [0.4, 0.5) is 0 Å². The molecule has 2 aliphatic rings. The zero-order chi connectivity index (χ0) is 11.0. The smallest absolute Gasteiger partial charge is 0.229 e. The molecule has 15 heavy (non-hydrogen) atoms. The van der Waals surface area contributed by atoms with Crippen molar-refractivity contribution in [3.63, 3.8) is 0 Å². The first-order valence-corrected chi connectivity index (χ1v) is 5.71. The molecule has 0 bridgehead atoms. The van der Waals surface area contributed by atoms with Crippen molar-refractivity contribution in [1.82, 2.24) is 4.90 Å². The van der Waals surface area contributed by atoms with E-state index < -0.39 is 0 Å². The molecule has 3 unspecified atom stereocenters. The molecule has 2 fully saturated rings. The van der Waals surface area contributed by atoms with Gasteiger partial charge in [-0.1, -0.05) is 0 Å². The average molecular weight is 212 g/mol. The molecule has 0 aromatic heterocycles. The van der Waals surface area contributed by atoms with Crippen molar-refractivity contribution in [2.24, 2.45) is 17.6 Å². The lowest BCUT2D eigenvalue weighted by molar-refractivity contribution is -0.136. The Bertz CT molecular complexity index is 253. The van der Waals surface area contributed by atoms with E-state index in [1.165, 1.54) is 12.8 Å². The first-order chi connectivity index (χ1) is 7.11. The van der Waals surface area contributed by atoms with E-state index in [1.54, 1.807) is 0 Å². The summed E-state index contributed by atoms with van der Waals surface area (Å²) in [7, 11) is 1.89. The number of ether oxygens (including phenoxy) is 1. The minimum Gasteiger partial charge on any atom is -0.379 e. The molecule has 0 spiro atoms. The van der Waals surface area contributed by atoms with E-state index in [9.17, 15) is 4.79 Å². The maximum Gasteiger partial charge on any atom is 0.229 e. The molecule has 2 rings (SSSR count). The van der Waals surface area contributed by atoms with Gasteiger partial charge in [-0.3, -0.25) is 4.79 Å². The first kappa shape index (κ1) is 10.9. The fourth-order valence-electron chi connectivity index (χ4n) is 2.18. The van der Waals surface area contributed by atoms with Gasteiger partial charge in [-0.25, -0.2) is 0 Å². The third-order valence-electron chi connectivity index (χ3n) is 3.70. The van der Waals surface area contributed by atoms with Crippen LogP contribution in [0.2, 0.25) is 0 Å². The lowest BCUT2D eigenvalue weighted by atomic mass is 10.0. The van der Waals surface area contributed by atoms with Crippen molar-refractivity contribution in [3.05, 3.63) is 0 Å². The second-order valence-corrected chi connectivity index (χ2v) is 4.83. The predicted octanol–water partition coefficient (Wildman–Crippen LogP) is 0.217. The highest BCUT2D eigenvalue weighted by molar-refractivity contribution is 5.80. The lowest BCUT2D eigenvalue weighted by Gasteiger charge is -2.28. The van der Waals surface area contributed by atoms with Crippen LogP contribution in [0.3, 0.4) is 0 Å². The zero-order valence-corrected chi connectivity index (χ0v) is 9.48. The third kappa shape index (κ3) is 2.16. The summed E-state index contributed by atoms with van der Waals surface area (Å²) < 4.78 is 5.22. The number of hydrogen-bond acceptors (Lipinski definition) is 3. The molecule has 2 N–H and O–H groups in total. The summed E-state index contributed by atoms with van der Waals surface area (Å²) in [6.45, 7) is 3.13. The second-order valence-electron chi connectivity index (χ2n) is 4.83. The van der Waals surface area contributed by atoms with Crippen LogP contribution in [-0.4, -0.2) is 43.2 Å². The molecule has 86 valence electrons. The van der Waals surface area contributed by atoms with Gasteiger partial charge in [0.15, 0.2) is 0 Å². The number of nitrogens with zero attached hydrogens (tertiary/aromatic N) is 1. The van der Waals surface area contributed by atoms with Crippen LogP contribution in [-0.2, 0) is 9.53 Å². The Morgan fingerprint density at radius 1 is 1.47 bits per heavy atom. The fraction of sp³-hybridized carbons (Fsp3) is 0.909. The predicted molar refractivity (Wildman–Crippen MR) is 57.2 cm³/mol. The zero-order valence-electron chi connectivity index (χ0n) is 9.48. The number of nitrogens with two attached hydrogens (primary N) is 1. The lowest BCUT2D eigenvalue weighted by Crippen LogP contribution is -2.45. The van der Waals surface area contributed by atoms with Gasteiger partial charge in [0.2, 0.25) is 5.91 Å². The highest BCUT2D eigenvalue weighted by Gasteiger charge is 2.38. The van der Waals surface area contributed by atoms with Crippen molar-refractivity contribution in [2.75, 3.05) is 20.3 Å². The SMILES string of the molecule is CC(C1CC1)N(C)C(=O)C1COCC1N. The Morgan fingerprint density at radius 3 is 2.60 bits per heavy atom. The molecule has 1 amide bonds. The van der Waals surface area contributed by atoms with E-state index in [-0.39, 0.29) is 17.9 Å². The van der Waals surface area contributed by atoms with Crippen LogP contribution in [0, 0.1) is 11.8 Å².